The van der Waals surface area contributed by atoms with Crippen LogP contribution in [0.4, 0.5) is 0 Å². The highest BCUT2D eigenvalue weighted by molar-refractivity contribution is 6.09. The van der Waals surface area contributed by atoms with Crippen LogP contribution in [0.25, 0.3) is 0 Å². The van der Waals surface area contributed by atoms with E-state index in [0.717, 1.165) is 0 Å². The second-order valence-corrected chi connectivity index (χ2v) is 2.97. The number of aldehydes is 1. The van der Waals surface area contributed by atoms with Gasteiger partial charge in [0.25, 0.3) is 0 Å². The Balaban J connectivity index is 2.85. The Kier molecular flexibility index (Phi) is 2.00. The number of ether oxygens (including phenoxy) is 1. The quantitative estimate of drug-likeness (QED) is 0.338. The van der Waals surface area contributed by atoms with Gasteiger partial charge in [-0.2, -0.15) is 0 Å². The summed E-state index contributed by atoms with van der Waals surface area (Å²) in [7, 11) is 1.22. The number of esters is 1. The predicted octanol–water partition coefficient (Wildman–Crippen LogP) is -0.0464. The molecule has 0 heterocycles. The van der Waals surface area contributed by atoms with Gasteiger partial charge in [-0.3, -0.25) is 9.59 Å². The zero-order valence-corrected chi connectivity index (χ0v) is 6.99. The minimum absolute atomic E-state index is 0.286. The largest absolute Gasteiger partial charge is 0.468 e. The first-order valence-electron chi connectivity index (χ1n) is 3.64. The van der Waals surface area contributed by atoms with Crippen molar-refractivity contribution < 1.29 is 19.1 Å². The van der Waals surface area contributed by atoms with Crippen molar-refractivity contribution in [3.8, 4) is 0 Å². The van der Waals surface area contributed by atoms with E-state index in [-0.39, 0.29) is 5.78 Å². The molecule has 0 aromatic rings. The van der Waals surface area contributed by atoms with Gasteiger partial charge in [-0.1, -0.05) is 0 Å². The molecule has 0 spiro atoms. The Hall–Kier alpha value is -1.19. The minimum Gasteiger partial charge on any atom is -0.468 e. The Morgan fingerprint density at radius 2 is 2.17 bits per heavy atom. The first-order chi connectivity index (χ1) is 5.59. The molecule has 0 aromatic heterocycles. The van der Waals surface area contributed by atoms with Gasteiger partial charge in [-0.25, -0.2) is 0 Å². The molecule has 0 N–H and O–H groups in total. The highest BCUT2D eigenvalue weighted by atomic mass is 16.5. The van der Waals surface area contributed by atoms with Crippen LogP contribution < -0.4 is 0 Å². The number of carbonyl (C=O) groups excluding carboxylic acids is 3. The molecule has 0 saturated heterocycles. The molecular weight excluding hydrogens is 160 g/mol. The van der Waals surface area contributed by atoms with Crippen LogP contribution in [0.5, 0.6) is 0 Å². The lowest BCUT2D eigenvalue weighted by molar-refractivity contribution is -0.152. The van der Waals surface area contributed by atoms with Crippen LogP contribution in [0.15, 0.2) is 0 Å². The summed E-state index contributed by atoms with van der Waals surface area (Å²) in [6.07, 6.45) is 0.941. The number of methoxy groups -OCH3 is 1. The van der Waals surface area contributed by atoms with Crippen LogP contribution in [0, 0.1) is 11.3 Å². The first kappa shape index (κ1) is 8.90. The van der Waals surface area contributed by atoms with Gasteiger partial charge in [0.1, 0.15) is 17.5 Å². The van der Waals surface area contributed by atoms with Gasteiger partial charge in [-0.15, -0.1) is 0 Å². The summed E-state index contributed by atoms with van der Waals surface area (Å²) in [6, 6.07) is 0. The monoisotopic (exact) mass is 170 g/mol. The van der Waals surface area contributed by atoms with Crippen molar-refractivity contribution in [2.75, 3.05) is 7.11 Å². The van der Waals surface area contributed by atoms with Crippen LogP contribution in [-0.2, 0) is 19.1 Å². The van der Waals surface area contributed by atoms with Crippen molar-refractivity contribution in [3.05, 3.63) is 0 Å². The van der Waals surface area contributed by atoms with Gasteiger partial charge in [-0.05, 0) is 13.3 Å². The fraction of sp³-hybridized carbons (Fsp3) is 0.625. The SMILES string of the molecule is COC(=O)C1(C(C)=O)CC1C=O. The molecule has 2 unspecified atom stereocenters. The molecule has 0 radical (unpaired) electrons. The van der Waals surface area contributed by atoms with E-state index in [0.29, 0.717) is 12.7 Å². The molecular formula is C8H10O4. The van der Waals surface area contributed by atoms with E-state index in [1.54, 1.807) is 0 Å². The zero-order chi connectivity index (χ0) is 9.35. The molecule has 2 atom stereocenters. The van der Waals surface area contributed by atoms with Crippen LogP contribution in [0.3, 0.4) is 0 Å². The van der Waals surface area contributed by atoms with Crippen molar-refractivity contribution in [1.82, 2.24) is 0 Å². The topological polar surface area (TPSA) is 60.4 Å². The molecule has 0 bridgehead atoms. The third-order valence-electron chi connectivity index (χ3n) is 2.36. The molecule has 1 fully saturated rings. The second-order valence-electron chi connectivity index (χ2n) is 2.97. The van der Waals surface area contributed by atoms with Gasteiger partial charge in [0, 0.05) is 5.92 Å². The Morgan fingerprint density at radius 3 is 2.42 bits per heavy atom. The molecule has 0 aromatic carbocycles. The molecule has 1 aliphatic carbocycles. The molecule has 1 aliphatic rings. The maximum atomic E-state index is 11.1. The van der Waals surface area contributed by atoms with Crippen molar-refractivity contribution in [1.29, 1.82) is 0 Å². The standard InChI is InChI=1S/C8H10O4/c1-5(10)8(7(11)12-2)3-6(8)4-9/h4,6H,3H2,1-2H3. The Labute approximate surface area is 69.9 Å². The van der Waals surface area contributed by atoms with E-state index in [9.17, 15) is 14.4 Å². The molecule has 1 saturated carbocycles. The smallest absolute Gasteiger partial charge is 0.320 e. The lowest BCUT2D eigenvalue weighted by atomic mass is 10.00. The maximum absolute atomic E-state index is 11.1. The Bertz CT molecular complexity index is 245. The first-order valence-corrected chi connectivity index (χ1v) is 3.64. The number of hydrogen-bond donors (Lipinski definition) is 0. The summed E-state index contributed by atoms with van der Waals surface area (Å²) in [5.74, 6) is -1.35. The fourth-order valence-corrected chi connectivity index (χ4v) is 1.42. The van der Waals surface area contributed by atoms with Crippen molar-refractivity contribution in [2.24, 2.45) is 11.3 Å². The fourth-order valence-electron chi connectivity index (χ4n) is 1.42. The van der Waals surface area contributed by atoms with Gasteiger partial charge >= 0.3 is 5.97 Å². The number of rotatable bonds is 3. The average molecular weight is 170 g/mol. The summed E-state index contributed by atoms with van der Waals surface area (Å²) >= 11 is 0. The summed E-state index contributed by atoms with van der Waals surface area (Å²) in [6.45, 7) is 1.31. The summed E-state index contributed by atoms with van der Waals surface area (Å²) < 4.78 is 4.45. The summed E-state index contributed by atoms with van der Waals surface area (Å²) in [5.41, 5.74) is -1.14. The predicted molar refractivity (Wildman–Crippen MR) is 39.3 cm³/mol. The third kappa shape index (κ3) is 0.948. The second kappa shape index (κ2) is 2.69. The van der Waals surface area contributed by atoms with Gasteiger partial charge in [0.15, 0.2) is 0 Å². The number of ketones is 1. The highest BCUT2D eigenvalue weighted by Crippen LogP contribution is 2.52. The molecule has 66 valence electrons. The number of Topliss-reactive ketones (excluding diaryl/α,β-unsaturated/α-hetero) is 1. The van der Waals surface area contributed by atoms with Gasteiger partial charge in [0.2, 0.25) is 0 Å². The van der Waals surface area contributed by atoms with Crippen LogP contribution in [-0.4, -0.2) is 25.1 Å². The van der Waals surface area contributed by atoms with E-state index in [2.05, 4.69) is 4.74 Å². The third-order valence-corrected chi connectivity index (χ3v) is 2.36. The van der Waals surface area contributed by atoms with Crippen molar-refractivity contribution in [2.45, 2.75) is 13.3 Å². The van der Waals surface area contributed by atoms with Crippen molar-refractivity contribution >= 4 is 18.0 Å². The van der Waals surface area contributed by atoms with E-state index in [1.165, 1.54) is 14.0 Å². The Morgan fingerprint density at radius 1 is 1.58 bits per heavy atom. The molecule has 0 amide bonds. The maximum Gasteiger partial charge on any atom is 0.320 e. The van der Waals surface area contributed by atoms with E-state index < -0.39 is 17.3 Å². The zero-order valence-electron chi connectivity index (χ0n) is 6.99. The van der Waals surface area contributed by atoms with Crippen LogP contribution in [0.2, 0.25) is 0 Å². The summed E-state index contributed by atoms with van der Waals surface area (Å²) in [4.78, 5) is 32.5. The van der Waals surface area contributed by atoms with Gasteiger partial charge in [0.05, 0.1) is 7.11 Å². The normalized spacial score (nSPS) is 32.3. The molecule has 4 nitrogen and oxygen atoms in total. The van der Waals surface area contributed by atoms with Gasteiger partial charge < -0.3 is 9.53 Å². The highest BCUT2D eigenvalue weighted by Gasteiger charge is 2.64. The molecule has 0 aliphatic heterocycles. The molecule has 1 rings (SSSR count). The van der Waals surface area contributed by atoms with Crippen LogP contribution in [0.1, 0.15) is 13.3 Å². The number of carbonyl (C=O) groups is 3. The average Bonchev–Trinajstić information content (AvgIpc) is 2.78. The lowest BCUT2D eigenvalue weighted by Crippen LogP contribution is -2.27. The van der Waals surface area contributed by atoms with E-state index >= 15 is 0 Å². The van der Waals surface area contributed by atoms with E-state index in [4.69, 9.17) is 0 Å². The minimum atomic E-state index is -1.14. The molecule has 4 heteroatoms. The lowest BCUT2D eigenvalue weighted by Gasteiger charge is -2.07. The summed E-state index contributed by atoms with van der Waals surface area (Å²) in [5, 5.41) is 0. The number of hydrogen-bond acceptors (Lipinski definition) is 4. The van der Waals surface area contributed by atoms with E-state index in [1.807, 2.05) is 0 Å². The van der Waals surface area contributed by atoms with Crippen LogP contribution >= 0.6 is 0 Å². The molecule has 12 heavy (non-hydrogen) atoms. The van der Waals surface area contributed by atoms with Crippen molar-refractivity contribution in [3.63, 3.8) is 0 Å².